The van der Waals surface area contributed by atoms with Crippen molar-refractivity contribution in [1.29, 1.82) is 0 Å². The lowest BCUT2D eigenvalue weighted by atomic mass is 9.73. The van der Waals surface area contributed by atoms with Crippen molar-refractivity contribution >= 4 is 23.6 Å². The number of aliphatic hydroxyl groups excluding tert-OH is 3. The van der Waals surface area contributed by atoms with E-state index in [1.165, 1.54) is 0 Å². The van der Waals surface area contributed by atoms with Gasteiger partial charge in [-0.2, -0.15) is 0 Å². The highest BCUT2D eigenvalue weighted by atomic mass is 16.5. The number of ketones is 3. The molecule has 0 amide bonds. The van der Waals surface area contributed by atoms with Gasteiger partial charge in [0.1, 0.15) is 42.8 Å². The van der Waals surface area contributed by atoms with Crippen molar-refractivity contribution in [3.8, 4) is 23.0 Å². The predicted octanol–water partition coefficient (Wildman–Crippen LogP) is 3.85. The number of hydrogen-bond donors (Lipinski definition) is 4. The Balaban J connectivity index is 1.73. The number of aliphatic hydroxyl groups is 3. The summed E-state index contributed by atoms with van der Waals surface area (Å²) in [5.74, 6) is -1.58. The van der Waals surface area contributed by atoms with Crippen LogP contribution in [0, 0.1) is 0 Å². The predicted molar refractivity (Wildman–Crippen MR) is 187 cm³/mol. The van der Waals surface area contributed by atoms with Gasteiger partial charge in [-0.15, -0.1) is 0 Å². The van der Waals surface area contributed by atoms with E-state index in [2.05, 4.69) is 13.2 Å². The van der Waals surface area contributed by atoms with Crippen molar-refractivity contribution < 1.29 is 53.8 Å². The summed E-state index contributed by atoms with van der Waals surface area (Å²) < 4.78 is 16.8. The Labute approximate surface area is 294 Å². The minimum Gasteiger partial charge on any atom is -0.508 e. The molecule has 5 unspecified atom stereocenters. The zero-order valence-corrected chi connectivity index (χ0v) is 27.5. The van der Waals surface area contributed by atoms with E-state index in [1.807, 2.05) is 48.5 Å². The number of aldehydes is 1. The largest absolute Gasteiger partial charge is 0.508 e. The fourth-order valence-electron chi connectivity index (χ4n) is 5.27. The summed E-state index contributed by atoms with van der Waals surface area (Å²) in [5.41, 5.74) is 3.37. The van der Waals surface area contributed by atoms with Gasteiger partial charge in [0.05, 0.1) is 0 Å². The van der Waals surface area contributed by atoms with Crippen LogP contribution in [0.1, 0.15) is 34.1 Å². The summed E-state index contributed by atoms with van der Waals surface area (Å²) in [4.78, 5) is 45.6. The summed E-state index contributed by atoms with van der Waals surface area (Å²) in [6.07, 6.45) is -2.21. The Morgan fingerprint density at radius 2 is 0.784 bits per heavy atom. The number of aromatic hydroxyl groups is 1. The average molecular weight is 695 g/mol. The van der Waals surface area contributed by atoms with Gasteiger partial charge in [-0.3, -0.25) is 19.2 Å². The molecular weight excluding hydrogens is 656 g/mol. The number of Topliss-reactive ketones (excluding diaryl/α,β-unsaturated/α-hetero) is 1. The molecule has 11 nitrogen and oxygen atoms in total. The van der Waals surface area contributed by atoms with E-state index >= 15 is 0 Å². The molecule has 4 aromatic carbocycles. The lowest BCUT2D eigenvalue weighted by Crippen LogP contribution is -2.28. The fourth-order valence-corrected chi connectivity index (χ4v) is 5.27. The van der Waals surface area contributed by atoms with E-state index in [1.54, 1.807) is 48.5 Å². The average Bonchev–Trinajstić information content (AvgIpc) is 3.17. The smallest absolute Gasteiger partial charge is 0.227 e. The second kappa shape index (κ2) is 18.2. The maximum absolute atomic E-state index is 11.7. The van der Waals surface area contributed by atoms with Crippen molar-refractivity contribution in [3.05, 3.63) is 145 Å². The molecule has 51 heavy (non-hydrogen) atoms. The number of ether oxygens (including phenoxy) is 3. The van der Waals surface area contributed by atoms with Crippen LogP contribution in [0.3, 0.4) is 0 Å². The molecule has 4 N–H and O–H groups in total. The third-order valence-corrected chi connectivity index (χ3v) is 8.03. The topological polar surface area (TPSA) is 177 Å². The van der Waals surface area contributed by atoms with Gasteiger partial charge in [-0.25, -0.2) is 0 Å². The standard InChI is InChI=1S/C40H38O11/c1-3-33(43)36(46)22-49-30-15-7-26(8-16-30)39(25-5-13-29(42)14-6-25)40(27-9-17-31(18-10-27)50-23-37(47)34(44)4-2)28-11-19-32(20-12-28)51-24-38(48)35(45)21-41/h3-21,36-40,42,46-48H,1-2,22-24H2. The first-order valence-electron chi connectivity index (χ1n) is 15.9. The maximum atomic E-state index is 11.7. The summed E-state index contributed by atoms with van der Waals surface area (Å²) in [5, 5.41) is 40.0. The van der Waals surface area contributed by atoms with Gasteiger partial charge in [-0.1, -0.05) is 61.7 Å². The van der Waals surface area contributed by atoms with Crippen LogP contribution in [0.2, 0.25) is 0 Å². The molecule has 0 aliphatic rings. The molecule has 0 fully saturated rings. The molecule has 0 saturated heterocycles. The van der Waals surface area contributed by atoms with E-state index in [-0.39, 0.29) is 37.1 Å². The number of phenols is 1. The van der Waals surface area contributed by atoms with Crippen LogP contribution in [-0.4, -0.2) is 82.2 Å². The summed E-state index contributed by atoms with van der Waals surface area (Å²) >= 11 is 0. The summed E-state index contributed by atoms with van der Waals surface area (Å²) in [7, 11) is 0. The Morgan fingerprint density at radius 1 is 0.510 bits per heavy atom. The van der Waals surface area contributed by atoms with Gasteiger partial charge in [0.2, 0.25) is 5.78 Å². The number of benzene rings is 4. The highest BCUT2D eigenvalue weighted by Crippen LogP contribution is 2.44. The lowest BCUT2D eigenvalue weighted by molar-refractivity contribution is -0.136. The van der Waals surface area contributed by atoms with Crippen molar-refractivity contribution in [2.45, 2.75) is 30.1 Å². The summed E-state index contributed by atoms with van der Waals surface area (Å²) in [6, 6.07) is 28.1. The van der Waals surface area contributed by atoms with Crippen molar-refractivity contribution in [2.75, 3.05) is 19.8 Å². The highest BCUT2D eigenvalue weighted by Gasteiger charge is 2.29. The van der Waals surface area contributed by atoms with E-state index < -0.39 is 42.3 Å². The third kappa shape index (κ3) is 10.3. The van der Waals surface area contributed by atoms with Crippen molar-refractivity contribution in [1.82, 2.24) is 0 Å². The quantitative estimate of drug-likeness (QED) is 0.0601. The Kier molecular flexibility index (Phi) is 13.5. The summed E-state index contributed by atoms with van der Waals surface area (Å²) in [6.45, 7) is 5.83. The van der Waals surface area contributed by atoms with Gasteiger partial charge in [-0.05, 0) is 82.9 Å². The van der Waals surface area contributed by atoms with Crippen molar-refractivity contribution in [2.24, 2.45) is 0 Å². The number of rotatable bonds is 20. The van der Waals surface area contributed by atoms with Crippen LogP contribution in [0.5, 0.6) is 23.0 Å². The Bertz CT molecular complexity index is 1720. The molecule has 0 aromatic heterocycles. The first-order valence-corrected chi connectivity index (χ1v) is 15.9. The fraction of sp³-hybridized carbons (Fsp3) is 0.200. The first-order chi connectivity index (χ1) is 24.5. The SMILES string of the molecule is C=CC(=O)C(O)COc1ccc(C(c2ccc(O)cc2)C(c2ccc(OCC(O)C(=O)C=C)cc2)c2ccc(OCC(O)C(=O)C=O)cc2)cc1. The molecule has 0 aliphatic carbocycles. The normalized spacial score (nSPS) is 13.8. The third-order valence-electron chi connectivity index (χ3n) is 8.03. The van der Waals surface area contributed by atoms with Gasteiger partial charge >= 0.3 is 0 Å². The molecule has 0 heterocycles. The number of carbonyl (C=O) groups is 4. The molecule has 0 saturated carbocycles. The van der Waals surface area contributed by atoms with Crippen LogP contribution in [0.15, 0.2) is 122 Å². The number of hydrogen-bond acceptors (Lipinski definition) is 11. The molecule has 11 heteroatoms. The molecule has 4 aromatic rings. The van der Waals surface area contributed by atoms with E-state index in [0.29, 0.717) is 17.2 Å². The monoisotopic (exact) mass is 694 g/mol. The molecule has 5 atom stereocenters. The van der Waals surface area contributed by atoms with E-state index in [9.17, 15) is 39.6 Å². The Hall–Kier alpha value is -5.88. The molecule has 0 aliphatic heterocycles. The molecule has 0 spiro atoms. The van der Waals surface area contributed by atoms with Crippen molar-refractivity contribution in [3.63, 3.8) is 0 Å². The molecule has 0 bridgehead atoms. The van der Waals surface area contributed by atoms with Crippen LogP contribution in [0.4, 0.5) is 0 Å². The van der Waals surface area contributed by atoms with Crippen LogP contribution >= 0.6 is 0 Å². The van der Waals surface area contributed by atoms with Crippen LogP contribution in [-0.2, 0) is 19.2 Å². The zero-order valence-electron chi connectivity index (χ0n) is 27.5. The molecule has 264 valence electrons. The minimum absolute atomic E-state index is 0.0380. The molecule has 0 radical (unpaired) electrons. The van der Waals surface area contributed by atoms with Crippen LogP contribution in [0.25, 0.3) is 0 Å². The van der Waals surface area contributed by atoms with E-state index in [4.69, 9.17) is 14.2 Å². The lowest BCUT2D eigenvalue weighted by Gasteiger charge is -2.30. The van der Waals surface area contributed by atoms with Gasteiger partial charge in [0.15, 0.2) is 36.2 Å². The Morgan fingerprint density at radius 3 is 1.06 bits per heavy atom. The highest BCUT2D eigenvalue weighted by molar-refractivity contribution is 6.27. The number of phenolic OH excluding ortho intramolecular Hbond substituents is 1. The first kappa shape index (κ1) is 37.9. The van der Waals surface area contributed by atoms with Gasteiger partial charge in [0.25, 0.3) is 0 Å². The molecule has 4 rings (SSSR count). The second-order valence-corrected chi connectivity index (χ2v) is 11.5. The van der Waals surface area contributed by atoms with Gasteiger partial charge in [0, 0.05) is 11.8 Å². The molecular formula is C40H38O11. The van der Waals surface area contributed by atoms with Crippen LogP contribution < -0.4 is 14.2 Å². The minimum atomic E-state index is -1.59. The van der Waals surface area contributed by atoms with Gasteiger partial charge < -0.3 is 34.6 Å². The number of carbonyl (C=O) groups excluding carboxylic acids is 4. The zero-order chi connectivity index (χ0) is 36.9. The second-order valence-electron chi connectivity index (χ2n) is 11.5. The van der Waals surface area contributed by atoms with E-state index in [0.717, 1.165) is 34.4 Å². The maximum Gasteiger partial charge on any atom is 0.227 e.